The normalized spacial score (nSPS) is 12.8. The van der Waals surface area contributed by atoms with Crippen molar-refractivity contribution in [2.24, 2.45) is 0 Å². The van der Waals surface area contributed by atoms with Gasteiger partial charge < -0.3 is 5.32 Å². The van der Waals surface area contributed by atoms with Crippen LogP contribution in [-0.2, 0) is 0 Å². The molecule has 1 atom stereocenters. The summed E-state index contributed by atoms with van der Waals surface area (Å²) in [7, 11) is 0. The minimum Gasteiger partial charge on any atom is -0.310 e. The molecular formula is C12H17BrFN. The maximum absolute atomic E-state index is 11.9. The highest BCUT2D eigenvalue weighted by Crippen LogP contribution is 2.20. The van der Waals surface area contributed by atoms with Crippen LogP contribution in [0.1, 0.15) is 30.5 Å². The van der Waals surface area contributed by atoms with Crippen LogP contribution in [0.25, 0.3) is 0 Å². The van der Waals surface area contributed by atoms with E-state index in [1.807, 2.05) is 0 Å². The summed E-state index contributed by atoms with van der Waals surface area (Å²) < 4.78 is 13.0. The number of halogens is 2. The van der Waals surface area contributed by atoms with Gasteiger partial charge in [-0.1, -0.05) is 28.1 Å². The van der Waals surface area contributed by atoms with Gasteiger partial charge >= 0.3 is 0 Å². The third-order valence-electron chi connectivity index (χ3n) is 2.44. The molecule has 1 aromatic carbocycles. The van der Waals surface area contributed by atoms with Crippen molar-refractivity contribution in [3.63, 3.8) is 0 Å². The highest BCUT2D eigenvalue weighted by atomic mass is 79.9. The summed E-state index contributed by atoms with van der Waals surface area (Å²) in [5.74, 6) is 0. The van der Waals surface area contributed by atoms with Gasteiger partial charge in [-0.25, -0.2) is 0 Å². The molecule has 0 saturated heterocycles. The van der Waals surface area contributed by atoms with E-state index in [2.05, 4.69) is 53.3 Å². The summed E-state index contributed by atoms with van der Waals surface area (Å²) in [5.41, 5.74) is 2.47. The van der Waals surface area contributed by atoms with E-state index < -0.39 is 0 Å². The minimum atomic E-state index is -0.251. The Labute approximate surface area is 99.2 Å². The van der Waals surface area contributed by atoms with Crippen LogP contribution in [0, 0.1) is 6.92 Å². The van der Waals surface area contributed by atoms with Gasteiger partial charge in [0.05, 0.1) is 6.67 Å². The van der Waals surface area contributed by atoms with Gasteiger partial charge in [-0.15, -0.1) is 0 Å². The number of nitrogens with one attached hydrogen (secondary N) is 1. The molecule has 3 heteroatoms. The SMILES string of the molecule is Cc1cc(C(C)NCCCF)ccc1Br. The zero-order valence-corrected chi connectivity index (χ0v) is 10.8. The first-order valence-corrected chi connectivity index (χ1v) is 6.00. The van der Waals surface area contributed by atoms with Crippen LogP contribution in [0.4, 0.5) is 4.39 Å². The molecule has 0 radical (unpaired) electrons. The first kappa shape index (κ1) is 12.7. The topological polar surface area (TPSA) is 12.0 Å². The van der Waals surface area contributed by atoms with E-state index in [0.29, 0.717) is 6.42 Å². The summed E-state index contributed by atoms with van der Waals surface area (Å²) in [4.78, 5) is 0. The molecule has 0 aliphatic carbocycles. The van der Waals surface area contributed by atoms with Crippen LogP contribution in [0.3, 0.4) is 0 Å². The van der Waals surface area contributed by atoms with Crippen molar-refractivity contribution in [1.82, 2.24) is 5.32 Å². The number of hydrogen-bond donors (Lipinski definition) is 1. The quantitative estimate of drug-likeness (QED) is 0.806. The molecule has 0 aliphatic heterocycles. The third-order valence-corrected chi connectivity index (χ3v) is 3.33. The van der Waals surface area contributed by atoms with E-state index in [-0.39, 0.29) is 12.7 Å². The fourth-order valence-electron chi connectivity index (χ4n) is 1.44. The predicted octanol–water partition coefficient (Wildman–Crippen LogP) is 3.77. The van der Waals surface area contributed by atoms with Gasteiger partial charge in [0.2, 0.25) is 0 Å². The zero-order valence-electron chi connectivity index (χ0n) is 9.19. The van der Waals surface area contributed by atoms with Crippen LogP contribution in [0.2, 0.25) is 0 Å². The Morgan fingerprint density at radius 1 is 1.47 bits per heavy atom. The van der Waals surface area contributed by atoms with Crippen LogP contribution < -0.4 is 5.32 Å². The Hall–Kier alpha value is -0.410. The van der Waals surface area contributed by atoms with E-state index >= 15 is 0 Å². The van der Waals surface area contributed by atoms with Crippen LogP contribution in [-0.4, -0.2) is 13.2 Å². The molecule has 0 amide bonds. The van der Waals surface area contributed by atoms with E-state index in [4.69, 9.17) is 0 Å². The summed E-state index contributed by atoms with van der Waals surface area (Å²) in [6.07, 6.45) is 0.583. The van der Waals surface area contributed by atoms with Crippen molar-refractivity contribution < 1.29 is 4.39 Å². The summed E-state index contributed by atoms with van der Waals surface area (Å²) in [5, 5.41) is 3.29. The molecule has 0 aromatic heterocycles. The molecule has 1 aromatic rings. The second-order valence-corrected chi connectivity index (χ2v) is 4.58. The number of benzene rings is 1. The van der Waals surface area contributed by atoms with E-state index in [0.717, 1.165) is 11.0 Å². The van der Waals surface area contributed by atoms with Gasteiger partial charge in [0.1, 0.15) is 0 Å². The van der Waals surface area contributed by atoms with E-state index in [9.17, 15) is 4.39 Å². The second-order valence-electron chi connectivity index (χ2n) is 3.73. The average Bonchev–Trinajstić information content (AvgIpc) is 2.22. The van der Waals surface area contributed by atoms with E-state index in [1.165, 1.54) is 11.1 Å². The lowest BCUT2D eigenvalue weighted by molar-refractivity contribution is 0.446. The lowest BCUT2D eigenvalue weighted by Crippen LogP contribution is -2.20. The van der Waals surface area contributed by atoms with Crippen LogP contribution >= 0.6 is 15.9 Å². The number of hydrogen-bond acceptors (Lipinski definition) is 1. The molecule has 0 saturated carbocycles. The van der Waals surface area contributed by atoms with Crippen molar-refractivity contribution in [3.05, 3.63) is 33.8 Å². The third kappa shape index (κ3) is 3.92. The standard InChI is InChI=1S/C12H17BrFN/c1-9-8-11(4-5-12(9)13)10(2)15-7-3-6-14/h4-5,8,10,15H,3,6-7H2,1-2H3. The Morgan fingerprint density at radius 3 is 2.80 bits per heavy atom. The van der Waals surface area contributed by atoms with E-state index in [1.54, 1.807) is 0 Å². The smallest absolute Gasteiger partial charge is 0.0906 e. The van der Waals surface area contributed by atoms with Gasteiger partial charge in [-0.2, -0.15) is 0 Å². The Bertz CT molecular complexity index is 314. The highest BCUT2D eigenvalue weighted by molar-refractivity contribution is 9.10. The van der Waals surface area contributed by atoms with Gasteiger partial charge in [-0.3, -0.25) is 4.39 Å². The largest absolute Gasteiger partial charge is 0.310 e. The fraction of sp³-hybridized carbons (Fsp3) is 0.500. The van der Waals surface area contributed by atoms with Gasteiger partial charge in [0, 0.05) is 10.5 Å². The molecule has 1 N–H and O–H groups in total. The second kappa shape index (κ2) is 6.23. The number of aryl methyl sites for hydroxylation is 1. The van der Waals surface area contributed by atoms with Crippen molar-refractivity contribution in [2.45, 2.75) is 26.3 Å². The molecule has 0 fully saturated rings. The van der Waals surface area contributed by atoms with Gasteiger partial charge in [0.15, 0.2) is 0 Å². The zero-order chi connectivity index (χ0) is 11.3. The van der Waals surface area contributed by atoms with Crippen LogP contribution in [0.5, 0.6) is 0 Å². The summed E-state index contributed by atoms with van der Waals surface area (Å²) in [6, 6.07) is 6.57. The van der Waals surface area contributed by atoms with Crippen molar-refractivity contribution in [1.29, 1.82) is 0 Å². The Morgan fingerprint density at radius 2 is 2.20 bits per heavy atom. The highest BCUT2D eigenvalue weighted by Gasteiger charge is 2.05. The minimum absolute atomic E-state index is 0.251. The van der Waals surface area contributed by atoms with Crippen molar-refractivity contribution >= 4 is 15.9 Å². The molecule has 0 bridgehead atoms. The number of alkyl halides is 1. The van der Waals surface area contributed by atoms with Crippen LogP contribution in [0.15, 0.2) is 22.7 Å². The molecule has 0 heterocycles. The molecule has 0 aliphatic rings. The fourth-order valence-corrected chi connectivity index (χ4v) is 1.69. The molecule has 1 rings (SSSR count). The molecule has 0 spiro atoms. The first-order chi connectivity index (χ1) is 7.15. The van der Waals surface area contributed by atoms with Gasteiger partial charge in [0.25, 0.3) is 0 Å². The molecule has 1 unspecified atom stereocenters. The van der Waals surface area contributed by atoms with Crippen molar-refractivity contribution in [3.8, 4) is 0 Å². The Balaban J connectivity index is 2.57. The predicted molar refractivity (Wildman–Crippen MR) is 65.9 cm³/mol. The average molecular weight is 274 g/mol. The first-order valence-electron chi connectivity index (χ1n) is 5.20. The molecule has 15 heavy (non-hydrogen) atoms. The molecule has 84 valence electrons. The lowest BCUT2D eigenvalue weighted by Gasteiger charge is -2.14. The Kier molecular flexibility index (Phi) is 5.26. The molecule has 1 nitrogen and oxygen atoms in total. The van der Waals surface area contributed by atoms with Crippen molar-refractivity contribution in [2.75, 3.05) is 13.2 Å². The summed E-state index contributed by atoms with van der Waals surface area (Å²) >= 11 is 3.47. The molecular weight excluding hydrogens is 257 g/mol. The summed E-state index contributed by atoms with van der Waals surface area (Å²) in [6.45, 7) is 4.65. The maximum Gasteiger partial charge on any atom is 0.0906 e. The lowest BCUT2D eigenvalue weighted by atomic mass is 10.1. The van der Waals surface area contributed by atoms with Gasteiger partial charge in [-0.05, 0) is 44.0 Å². The number of rotatable bonds is 5. The maximum atomic E-state index is 11.9. The monoisotopic (exact) mass is 273 g/mol.